The first-order valence-electron chi connectivity index (χ1n) is 4.03. The van der Waals surface area contributed by atoms with Gasteiger partial charge in [-0.15, -0.1) is 0 Å². The van der Waals surface area contributed by atoms with E-state index in [0.29, 0.717) is 0 Å². The van der Waals surface area contributed by atoms with Crippen molar-refractivity contribution in [2.45, 2.75) is 38.5 Å². The Bertz CT molecular complexity index is 117. The van der Waals surface area contributed by atoms with E-state index in [1.165, 1.54) is 12.8 Å². The second kappa shape index (κ2) is 5.97. The van der Waals surface area contributed by atoms with Gasteiger partial charge in [0.1, 0.15) is 0 Å². The van der Waals surface area contributed by atoms with Gasteiger partial charge in [-0.05, 0) is 12.8 Å². The van der Waals surface area contributed by atoms with Crippen molar-refractivity contribution in [3.05, 3.63) is 0 Å². The van der Waals surface area contributed by atoms with Crippen molar-refractivity contribution >= 4 is 5.97 Å². The average molecular weight is 255 g/mol. The van der Waals surface area contributed by atoms with Crippen molar-refractivity contribution in [3.63, 3.8) is 0 Å². The molecule has 0 heterocycles. The van der Waals surface area contributed by atoms with E-state index in [1.807, 2.05) is 0 Å². The maximum absolute atomic E-state index is 10.5. The zero-order chi connectivity index (χ0) is 7.40. The van der Waals surface area contributed by atoms with Crippen LogP contribution < -0.4 is 0 Å². The van der Waals surface area contributed by atoms with E-state index in [4.69, 9.17) is 5.11 Å². The molecule has 0 atom stereocenters. The summed E-state index contributed by atoms with van der Waals surface area (Å²) in [5.41, 5.74) is 0. The molecular formula is C8H14CdO2. The van der Waals surface area contributed by atoms with Crippen LogP contribution in [0.2, 0.25) is 0 Å². The number of hydrogen-bond acceptors (Lipinski definition) is 1. The normalized spacial score (nSPS) is 20.0. The van der Waals surface area contributed by atoms with Gasteiger partial charge in [0.25, 0.3) is 0 Å². The SMILES string of the molecule is O=C(O)C1CCCCCC1.[Cd]. The molecule has 11 heavy (non-hydrogen) atoms. The number of aliphatic carboxylic acids is 1. The van der Waals surface area contributed by atoms with Gasteiger partial charge in [-0.1, -0.05) is 25.7 Å². The number of carboxylic acids is 1. The van der Waals surface area contributed by atoms with E-state index in [9.17, 15) is 4.79 Å². The molecule has 0 aromatic heterocycles. The molecule has 1 saturated carbocycles. The van der Waals surface area contributed by atoms with Crippen LogP contribution in [0.25, 0.3) is 0 Å². The first-order chi connectivity index (χ1) is 4.80. The van der Waals surface area contributed by atoms with Gasteiger partial charge in [0.2, 0.25) is 0 Å². The summed E-state index contributed by atoms with van der Waals surface area (Å²) in [7, 11) is 0. The minimum absolute atomic E-state index is 0. The van der Waals surface area contributed by atoms with E-state index in [-0.39, 0.29) is 33.2 Å². The molecule has 0 aromatic rings. The number of carboxylic acid groups (broad SMARTS) is 1. The van der Waals surface area contributed by atoms with Gasteiger partial charge < -0.3 is 5.11 Å². The quantitative estimate of drug-likeness (QED) is 0.574. The van der Waals surface area contributed by atoms with Crippen molar-refractivity contribution in [3.8, 4) is 0 Å². The molecular weight excluding hydrogens is 240 g/mol. The maximum atomic E-state index is 10.5. The molecule has 1 aliphatic rings. The van der Waals surface area contributed by atoms with Gasteiger partial charge in [-0.25, -0.2) is 0 Å². The molecule has 1 N–H and O–H groups in total. The van der Waals surface area contributed by atoms with Crippen LogP contribution >= 0.6 is 0 Å². The Morgan fingerprint density at radius 1 is 1.09 bits per heavy atom. The summed E-state index contributed by atoms with van der Waals surface area (Å²) in [6, 6.07) is 0. The molecule has 1 aliphatic carbocycles. The summed E-state index contributed by atoms with van der Waals surface area (Å²) in [5.74, 6) is -0.635. The van der Waals surface area contributed by atoms with E-state index in [0.717, 1.165) is 25.7 Å². The predicted octanol–water partition coefficient (Wildman–Crippen LogP) is 2.04. The Kier molecular flexibility index (Phi) is 6.18. The first kappa shape index (κ1) is 11.4. The average Bonchev–Trinajstić information content (AvgIpc) is 2.12. The summed E-state index contributed by atoms with van der Waals surface area (Å²) in [6.07, 6.45) is 6.46. The molecule has 2 nitrogen and oxygen atoms in total. The molecule has 0 spiro atoms. The Labute approximate surface area is 87.5 Å². The fraction of sp³-hybridized carbons (Fsp3) is 0.875. The predicted molar refractivity (Wildman–Crippen MR) is 38.8 cm³/mol. The third-order valence-corrected chi connectivity index (χ3v) is 2.20. The van der Waals surface area contributed by atoms with E-state index < -0.39 is 5.97 Å². The van der Waals surface area contributed by atoms with Crippen molar-refractivity contribution < 1.29 is 37.2 Å². The standard InChI is InChI=1S/C8H14O2.Cd/c9-8(10)7-5-3-1-2-4-6-7;/h7H,1-6H2,(H,9,10);. The molecule has 1 rings (SSSR count). The molecule has 60 valence electrons. The van der Waals surface area contributed by atoms with Gasteiger partial charge in [-0.3, -0.25) is 4.79 Å². The summed E-state index contributed by atoms with van der Waals surface area (Å²) in [6.45, 7) is 0. The van der Waals surface area contributed by atoms with Crippen molar-refractivity contribution in [1.29, 1.82) is 0 Å². The van der Waals surface area contributed by atoms with Crippen LogP contribution in [0.3, 0.4) is 0 Å². The van der Waals surface area contributed by atoms with Gasteiger partial charge in [0.15, 0.2) is 0 Å². The summed E-state index contributed by atoms with van der Waals surface area (Å²) < 4.78 is 0. The van der Waals surface area contributed by atoms with Crippen LogP contribution in [0, 0.1) is 5.92 Å². The van der Waals surface area contributed by atoms with Crippen LogP contribution in [-0.4, -0.2) is 11.1 Å². The van der Waals surface area contributed by atoms with Gasteiger partial charge in [0.05, 0.1) is 5.92 Å². The zero-order valence-electron chi connectivity index (χ0n) is 6.88. The topological polar surface area (TPSA) is 37.3 Å². The van der Waals surface area contributed by atoms with Crippen LogP contribution in [-0.2, 0) is 32.1 Å². The van der Waals surface area contributed by atoms with Gasteiger partial charge in [-0.2, -0.15) is 0 Å². The van der Waals surface area contributed by atoms with Crippen LogP contribution in [0.5, 0.6) is 0 Å². The largest absolute Gasteiger partial charge is 0.481 e. The fourth-order valence-corrected chi connectivity index (χ4v) is 1.53. The molecule has 0 bridgehead atoms. The van der Waals surface area contributed by atoms with Crippen molar-refractivity contribution in [2.75, 3.05) is 0 Å². The monoisotopic (exact) mass is 256 g/mol. The summed E-state index contributed by atoms with van der Waals surface area (Å²) >= 11 is 0. The molecule has 0 radical (unpaired) electrons. The number of hydrogen-bond donors (Lipinski definition) is 1. The number of carbonyl (C=O) groups is 1. The smallest absolute Gasteiger partial charge is 0.306 e. The molecule has 0 saturated heterocycles. The summed E-state index contributed by atoms with van der Waals surface area (Å²) in [5, 5.41) is 8.66. The van der Waals surface area contributed by atoms with Crippen LogP contribution in [0.4, 0.5) is 0 Å². The molecule has 3 heteroatoms. The summed E-state index contributed by atoms with van der Waals surface area (Å²) in [4.78, 5) is 10.5. The third kappa shape index (κ3) is 4.08. The Hall–Kier alpha value is 0.392. The Balaban J connectivity index is 0.000001000. The van der Waals surface area contributed by atoms with Crippen molar-refractivity contribution in [2.24, 2.45) is 5.92 Å². The fourth-order valence-electron chi connectivity index (χ4n) is 1.53. The minimum atomic E-state index is -0.595. The molecule has 0 aromatic carbocycles. The molecule has 0 aliphatic heterocycles. The van der Waals surface area contributed by atoms with Crippen LogP contribution in [0.15, 0.2) is 0 Å². The molecule has 0 unspecified atom stereocenters. The second-order valence-electron chi connectivity index (χ2n) is 3.03. The molecule has 1 fully saturated rings. The van der Waals surface area contributed by atoms with Gasteiger partial charge >= 0.3 is 5.97 Å². The van der Waals surface area contributed by atoms with Crippen molar-refractivity contribution in [1.82, 2.24) is 0 Å². The number of rotatable bonds is 1. The second-order valence-corrected chi connectivity index (χ2v) is 3.03. The first-order valence-corrected chi connectivity index (χ1v) is 4.03. The third-order valence-electron chi connectivity index (χ3n) is 2.20. The van der Waals surface area contributed by atoms with E-state index >= 15 is 0 Å². The van der Waals surface area contributed by atoms with Crippen LogP contribution in [0.1, 0.15) is 38.5 Å². The van der Waals surface area contributed by atoms with Gasteiger partial charge in [0, 0.05) is 27.3 Å². The van der Waals surface area contributed by atoms with E-state index in [2.05, 4.69) is 0 Å². The Morgan fingerprint density at radius 2 is 1.55 bits per heavy atom. The molecule has 0 amide bonds. The Morgan fingerprint density at radius 3 is 1.91 bits per heavy atom. The maximum Gasteiger partial charge on any atom is 0.306 e. The zero-order valence-corrected chi connectivity index (χ0v) is 10.9. The van der Waals surface area contributed by atoms with E-state index in [1.54, 1.807) is 0 Å². The minimum Gasteiger partial charge on any atom is -0.481 e.